The number of amides is 1. The van der Waals surface area contributed by atoms with Crippen molar-refractivity contribution in [3.05, 3.63) is 17.0 Å². The summed E-state index contributed by atoms with van der Waals surface area (Å²) in [7, 11) is 1.27. The fourth-order valence-corrected chi connectivity index (χ4v) is 1.55. The van der Waals surface area contributed by atoms with Crippen molar-refractivity contribution < 1.29 is 14.4 Å². The van der Waals surface area contributed by atoms with Crippen molar-refractivity contribution in [2.24, 2.45) is 0 Å². The van der Waals surface area contributed by atoms with E-state index >= 15 is 0 Å². The minimum atomic E-state index is -0.685. The molecule has 98 valence electrons. The molecule has 0 N–H and O–H groups in total. The van der Waals surface area contributed by atoms with Gasteiger partial charge in [-0.2, -0.15) is 0 Å². The van der Waals surface area contributed by atoms with Crippen molar-refractivity contribution >= 4 is 6.09 Å². The Hall–Kier alpha value is -1.11. The number of carbonyl (C=O) groups is 1. The number of hydroxylamine groups is 2. The lowest BCUT2D eigenvalue weighted by Gasteiger charge is -2.37. The van der Waals surface area contributed by atoms with Crippen molar-refractivity contribution in [1.29, 1.82) is 0 Å². The molecule has 0 unspecified atom stereocenters. The van der Waals surface area contributed by atoms with E-state index in [1.165, 1.54) is 12.0 Å². The fraction of sp³-hybridized carbons (Fsp3) is 0.727. The summed E-state index contributed by atoms with van der Waals surface area (Å²) in [4.78, 5) is 17.7. The third-order valence-electron chi connectivity index (χ3n) is 2.21. The average Bonchev–Trinajstić information content (AvgIpc) is 2.56. The van der Waals surface area contributed by atoms with Crippen LogP contribution in [-0.4, -0.2) is 35.1 Å². The summed E-state index contributed by atoms with van der Waals surface area (Å²) in [5.74, 6) is 0. The van der Waals surface area contributed by atoms with E-state index in [0.717, 1.165) is 5.57 Å². The first-order valence-electron chi connectivity index (χ1n) is 5.43. The highest BCUT2D eigenvalue weighted by molar-refractivity contribution is 5.70. The van der Waals surface area contributed by atoms with Crippen LogP contribution in [0.15, 0.2) is 11.8 Å². The molecule has 17 heavy (non-hydrogen) atoms. The van der Waals surface area contributed by atoms with E-state index in [4.69, 9.17) is 4.74 Å². The summed E-state index contributed by atoms with van der Waals surface area (Å²) >= 11 is 0. The van der Waals surface area contributed by atoms with Gasteiger partial charge in [-0.1, -0.05) is 5.57 Å². The van der Waals surface area contributed by atoms with Gasteiger partial charge in [0.25, 0.3) is 0 Å². The molecule has 0 bridgehead atoms. The van der Waals surface area contributed by atoms with Crippen LogP contribution in [0.5, 0.6) is 0 Å². The molecule has 1 aliphatic heterocycles. The Morgan fingerprint density at radius 3 is 2.65 bits per heavy atom. The van der Waals surface area contributed by atoms with E-state index in [2.05, 4.69) is 4.84 Å². The molecular formula is C11H19N2O4-. The maximum absolute atomic E-state index is 11.9. The molecule has 1 aliphatic rings. The zero-order valence-corrected chi connectivity index (χ0v) is 10.9. The molecule has 1 amide bonds. The number of nitrogens with zero attached hydrogens (tertiary/aromatic N) is 2. The lowest BCUT2D eigenvalue weighted by molar-refractivity contribution is -0.147. The van der Waals surface area contributed by atoms with Crippen molar-refractivity contribution in [2.75, 3.05) is 7.11 Å². The number of carbonyl (C=O) groups excluding carboxylic acids is 1. The SMILES string of the molecule is CON([O-])[C@@H]1CC(C)=CN1C(=O)OC(C)(C)C. The van der Waals surface area contributed by atoms with E-state index in [-0.39, 0.29) is 0 Å². The van der Waals surface area contributed by atoms with Crippen LogP contribution in [-0.2, 0) is 9.57 Å². The molecule has 0 aromatic rings. The molecule has 0 saturated carbocycles. The van der Waals surface area contributed by atoms with Crippen LogP contribution in [0.25, 0.3) is 0 Å². The fourth-order valence-electron chi connectivity index (χ4n) is 1.55. The number of rotatable bonds is 2. The standard InChI is InChI=1S/C11H19N2O4/c1-8-6-9(13(15)16-5)12(7-8)10(14)17-11(2,3)4/h7,9H,6H2,1-5H3/q-1/t9-/m1/s1. The Bertz CT molecular complexity index is 322. The van der Waals surface area contributed by atoms with Crippen molar-refractivity contribution in [3.63, 3.8) is 0 Å². The van der Waals surface area contributed by atoms with Crippen LogP contribution in [0.2, 0.25) is 0 Å². The summed E-state index contributed by atoms with van der Waals surface area (Å²) in [5, 5.41) is 11.9. The summed E-state index contributed by atoms with van der Waals surface area (Å²) in [6.45, 7) is 7.17. The third kappa shape index (κ3) is 3.69. The molecule has 0 fully saturated rings. The van der Waals surface area contributed by atoms with Gasteiger partial charge in [0.05, 0.1) is 7.11 Å². The highest BCUT2D eigenvalue weighted by atomic mass is 16.9. The van der Waals surface area contributed by atoms with Crippen LogP contribution in [0, 0.1) is 5.21 Å². The van der Waals surface area contributed by atoms with Crippen LogP contribution in [0.3, 0.4) is 0 Å². The molecule has 6 heteroatoms. The van der Waals surface area contributed by atoms with E-state index in [0.29, 0.717) is 11.6 Å². The monoisotopic (exact) mass is 243 g/mol. The lowest BCUT2D eigenvalue weighted by Crippen LogP contribution is -2.45. The Balaban J connectivity index is 2.76. The van der Waals surface area contributed by atoms with Gasteiger partial charge in [-0.3, -0.25) is 4.90 Å². The molecule has 0 aliphatic carbocycles. The van der Waals surface area contributed by atoms with E-state index in [9.17, 15) is 10.0 Å². The van der Waals surface area contributed by atoms with Gasteiger partial charge >= 0.3 is 6.09 Å². The Labute approximate surface area is 101 Å². The normalized spacial score (nSPS) is 20.8. The van der Waals surface area contributed by atoms with Crippen LogP contribution < -0.4 is 0 Å². The second-order valence-corrected chi connectivity index (χ2v) is 5.02. The quantitative estimate of drug-likeness (QED) is 0.696. The maximum Gasteiger partial charge on any atom is 0.415 e. The van der Waals surface area contributed by atoms with Gasteiger partial charge in [-0.05, 0) is 27.7 Å². The highest BCUT2D eigenvalue weighted by Gasteiger charge is 2.32. The smallest absolute Gasteiger partial charge is 0.415 e. The van der Waals surface area contributed by atoms with E-state index in [1.807, 2.05) is 6.92 Å². The van der Waals surface area contributed by atoms with Gasteiger partial charge in [-0.25, -0.2) is 10.0 Å². The van der Waals surface area contributed by atoms with Gasteiger partial charge in [-0.15, -0.1) is 0 Å². The Morgan fingerprint density at radius 2 is 2.18 bits per heavy atom. The lowest BCUT2D eigenvalue weighted by atomic mass is 10.2. The Kier molecular flexibility index (Phi) is 4.13. The zero-order valence-electron chi connectivity index (χ0n) is 10.9. The Morgan fingerprint density at radius 1 is 1.59 bits per heavy atom. The second-order valence-electron chi connectivity index (χ2n) is 5.02. The first-order valence-corrected chi connectivity index (χ1v) is 5.43. The predicted molar refractivity (Wildman–Crippen MR) is 62.5 cm³/mol. The largest absolute Gasteiger partial charge is 0.760 e. The molecule has 0 radical (unpaired) electrons. The molecule has 1 atom stereocenters. The molecule has 0 aromatic heterocycles. The van der Waals surface area contributed by atoms with Crippen LogP contribution in [0.1, 0.15) is 34.1 Å². The first kappa shape index (κ1) is 14.0. The predicted octanol–water partition coefficient (Wildman–Crippen LogP) is 2.22. The minimum absolute atomic E-state index is 0.400. The van der Waals surface area contributed by atoms with Gasteiger partial charge in [0, 0.05) is 12.6 Å². The summed E-state index contributed by atoms with van der Waals surface area (Å²) in [5.41, 5.74) is 0.339. The summed E-state index contributed by atoms with van der Waals surface area (Å²) < 4.78 is 5.22. The van der Waals surface area contributed by atoms with Crippen molar-refractivity contribution in [1.82, 2.24) is 10.1 Å². The number of hydrogen-bond donors (Lipinski definition) is 0. The van der Waals surface area contributed by atoms with Gasteiger partial charge in [0.2, 0.25) is 0 Å². The number of hydrogen-bond acceptors (Lipinski definition) is 5. The first-order chi connectivity index (χ1) is 7.74. The van der Waals surface area contributed by atoms with Crippen molar-refractivity contribution in [2.45, 2.75) is 45.9 Å². The number of ether oxygens (including phenoxy) is 1. The van der Waals surface area contributed by atoms with E-state index in [1.54, 1.807) is 27.0 Å². The molecule has 0 aromatic carbocycles. The van der Waals surface area contributed by atoms with E-state index < -0.39 is 17.9 Å². The maximum atomic E-state index is 11.9. The summed E-state index contributed by atoms with van der Waals surface area (Å²) in [6.07, 6.45) is 0.839. The molecule has 1 heterocycles. The third-order valence-corrected chi connectivity index (χ3v) is 2.21. The molecule has 6 nitrogen and oxygen atoms in total. The van der Waals surface area contributed by atoms with Gasteiger partial charge in [0.1, 0.15) is 11.8 Å². The highest BCUT2D eigenvalue weighted by Crippen LogP contribution is 2.25. The van der Waals surface area contributed by atoms with Crippen LogP contribution >= 0.6 is 0 Å². The molecule has 0 saturated heterocycles. The van der Waals surface area contributed by atoms with Crippen molar-refractivity contribution in [3.8, 4) is 0 Å². The molecule has 0 spiro atoms. The summed E-state index contributed by atoms with van der Waals surface area (Å²) in [6, 6.07) is 0. The zero-order chi connectivity index (χ0) is 13.2. The molecule has 1 rings (SSSR count). The molecular weight excluding hydrogens is 224 g/mol. The van der Waals surface area contributed by atoms with Gasteiger partial charge in [0.15, 0.2) is 0 Å². The second kappa shape index (κ2) is 5.03. The minimum Gasteiger partial charge on any atom is -0.760 e. The van der Waals surface area contributed by atoms with Gasteiger partial charge < -0.3 is 14.8 Å². The average molecular weight is 243 g/mol. The van der Waals surface area contributed by atoms with Crippen LogP contribution in [0.4, 0.5) is 4.79 Å². The topological polar surface area (TPSA) is 65.1 Å².